The van der Waals surface area contributed by atoms with E-state index in [1.54, 1.807) is 12.2 Å². The zero-order valence-electron chi connectivity index (χ0n) is 16.1. The Balaban J connectivity index is 0.00000320. The van der Waals surface area contributed by atoms with Gasteiger partial charge in [-0.3, -0.25) is 0 Å². The molecule has 0 fully saturated rings. The highest BCUT2D eigenvalue weighted by atomic mass is 35.5. The number of benzene rings is 2. The summed E-state index contributed by atoms with van der Waals surface area (Å²) in [5.74, 6) is -1.92. The highest BCUT2D eigenvalue weighted by molar-refractivity contribution is 5.85. The third-order valence-electron chi connectivity index (χ3n) is 4.27. The molecule has 0 aliphatic rings. The molecule has 0 saturated carbocycles. The summed E-state index contributed by atoms with van der Waals surface area (Å²) >= 11 is 0. The number of hydrogen-bond donors (Lipinski definition) is 2. The summed E-state index contributed by atoms with van der Waals surface area (Å²) in [5.41, 5.74) is 3.94. The molecule has 0 bridgehead atoms. The molecule has 0 amide bonds. The van der Waals surface area contributed by atoms with E-state index in [0.717, 1.165) is 47.5 Å². The second-order valence-electron chi connectivity index (χ2n) is 6.58. The Morgan fingerprint density at radius 1 is 0.833 bits per heavy atom. The van der Waals surface area contributed by atoms with Gasteiger partial charge in [0.25, 0.3) is 0 Å². The smallest absolute Gasteiger partial charge is 0.328 e. The number of halogens is 1. The van der Waals surface area contributed by atoms with Crippen molar-refractivity contribution in [3.8, 4) is 0 Å². The second-order valence-corrected chi connectivity index (χ2v) is 6.58. The topological polar surface area (TPSA) is 83.4 Å². The van der Waals surface area contributed by atoms with E-state index in [2.05, 4.69) is 9.13 Å². The average Bonchev–Trinajstić information content (AvgIpc) is 3.13. The van der Waals surface area contributed by atoms with E-state index in [1.165, 1.54) is 0 Å². The molecule has 0 unspecified atom stereocenters. The first kappa shape index (κ1) is 22.6. The minimum Gasteiger partial charge on any atom is -1.00 e. The summed E-state index contributed by atoms with van der Waals surface area (Å²) < 4.78 is 4.15. The van der Waals surface area contributed by atoms with Crippen molar-refractivity contribution < 1.29 is 36.8 Å². The maximum absolute atomic E-state index is 10.6. The van der Waals surface area contributed by atoms with Crippen molar-refractivity contribution in [3.05, 3.63) is 102 Å². The quantitative estimate of drug-likeness (QED) is 0.396. The van der Waals surface area contributed by atoms with Crippen LogP contribution in [0.2, 0.25) is 0 Å². The number of rotatable bonds is 8. The Labute approximate surface area is 180 Å². The highest BCUT2D eigenvalue weighted by Crippen LogP contribution is 2.09. The molecule has 0 aliphatic carbocycles. The Bertz CT molecular complexity index is 968. The molecule has 0 saturated heterocycles. The zero-order valence-corrected chi connectivity index (χ0v) is 16.8. The Morgan fingerprint density at radius 3 is 1.83 bits per heavy atom. The number of hydrogen-bond acceptors (Lipinski definition) is 2. The molecule has 30 heavy (non-hydrogen) atoms. The van der Waals surface area contributed by atoms with Crippen molar-refractivity contribution in [1.82, 2.24) is 4.57 Å². The Morgan fingerprint density at radius 2 is 1.33 bits per heavy atom. The highest BCUT2D eigenvalue weighted by Gasteiger charge is 2.06. The third-order valence-corrected chi connectivity index (χ3v) is 4.27. The van der Waals surface area contributed by atoms with Gasteiger partial charge in [0.15, 0.2) is 0 Å². The summed E-state index contributed by atoms with van der Waals surface area (Å²) in [6.07, 6.45) is 11.4. The molecule has 3 aromatic rings. The van der Waals surface area contributed by atoms with Gasteiger partial charge in [0.1, 0.15) is 25.5 Å². The molecule has 0 radical (unpaired) electrons. The van der Waals surface area contributed by atoms with Crippen molar-refractivity contribution in [3.63, 3.8) is 0 Å². The normalized spacial score (nSPS) is 10.9. The summed E-state index contributed by atoms with van der Waals surface area (Å²) in [7, 11) is 0. The van der Waals surface area contributed by atoms with Crippen molar-refractivity contribution in [1.29, 1.82) is 0 Å². The van der Waals surface area contributed by atoms with Gasteiger partial charge in [-0.25, -0.2) is 18.7 Å². The lowest BCUT2D eigenvalue weighted by molar-refractivity contribution is -0.687. The average molecular weight is 425 g/mol. The van der Waals surface area contributed by atoms with Gasteiger partial charge in [-0.1, -0.05) is 48.5 Å². The first-order valence-electron chi connectivity index (χ1n) is 9.03. The van der Waals surface area contributed by atoms with Crippen LogP contribution < -0.4 is 17.0 Å². The van der Waals surface area contributed by atoms with Crippen LogP contribution >= 0.6 is 0 Å². The largest absolute Gasteiger partial charge is 1.00 e. The van der Waals surface area contributed by atoms with E-state index < -0.39 is 11.9 Å². The fourth-order valence-electron chi connectivity index (χ4n) is 2.85. The van der Waals surface area contributed by atoms with Gasteiger partial charge < -0.3 is 22.6 Å². The summed E-state index contributed by atoms with van der Waals surface area (Å²) in [6.45, 7) is 1.43. The predicted molar refractivity (Wildman–Crippen MR) is 109 cm³/mol. The Hall–Kier alpha value is -3.64. The number of carbonyl (C=O) groups is 2. The van der Waals surface area contributed by atoms with E-state index in [0.29, 0.717) is 0 Å². The van der Waals surface area contributed by atoms with Crippen molar-refractivity contribution in [2.24, 2.45) is 0 Å². The van der Waals surface area contributed by atoms with Gasteiger partial charge in [0.2, 0.25) is 6.33 Å². The number of carboxylic acids is 2. The van der Waals surface area contributed by atoms with Crippen LogP contribution in [0.15, 0.2) is 79.4 Å². The molecule has 0 spiro atoms. The fourth-order valence-corrected chi connectivity index (χ4v) is 2.85. The van der Waals surface area contributed by atoms with E-state index in [9.17, 15) is 9.59 Å². The third kappa shape index (κ3) is 7.07. The number of carboxylic acid groups (broad SMARTS) is 2. The van der Waals surface area contributed by atoms with Gasteiger partial charge in [-0.2, -0.15) is 0 Å². The van der Waals surface area contributed by atoms with Gasteiger partial charge in [-0.05, 0) is 34.4 Å². The molecular formula is C23H21ClN2O4. The van der Waals surface area contributed by atoms with Crippen LogP contribution in [0, 0.1) is 0 Å². The van der Waals surface area contributed by atoms with Crippen LogP contribution in [0.4, 0.5) is 0 Å². The van der Waals surface area contributed by atoms with Crippen molar-refractivity contribution in [2.45, 2.75) is 13.1 Å². The van der Waals surface area contributed by atoms with Gasteiger partial charge in [0, 0.05) is 12.2 Å². The second kappa shape index (κ2) is 10.8. The number of imidazole rings is 1. The summed E-state index contributed by atoms with van der Waals surface area (Å²) in [5, 5.41) is 17.3. The monoisotopic (exact) mass is 424 g/mol. The maximum atomic E-state index is 10.6. The molecule has 1 aromatic heterocycles. The lowest BCUT2D eigenvalue weighted by atomic mass is 10.1. The molecule has 2 N–H and O–H groups in total. The molecule has 3 rings (SSSR count). The summed E-state index contributed by atoms with van der Waals surface area (Å²) in [4.78, 5) is 21.1. The lowest BCUT2D eigenvalue weighted by Gasteiger charge is -2.00. The molecule has 1 heterocycles. The fraction of sp³-hybridized carbons (Fsp3) is 0.0870. The lowest BCUT2D eigenvalue weighted by Crippen LogP contribution is -3.00. The van der Waals surface area contributed by atoms with Crippen molar-refractivity contribution >= 4 is 24.1 Å². The van der Waals surface area contributed by atoms with Crippen LogP contribution in [-0.2, 0) is 22.7 Å². The van der Waals surface area contributed by atoms with Gasteiger partial charge in [0.05, 0.1) is 0 Å². The van der Waals surface area contributed by atoms with E-state index in [1.807, 2.05) is 67.3 Å². The molecule has 0 aliphatic heterocycles. The minimum atomic E-state index is -0.961. The maximum Gasteiger partial charge on any atom is 0.328 e. The Kier molecular flexibility index (Phi) is 8.14. The van der Waals surface area contributed by atoms with Crippen LogP contribution in [0.25, 0.3) is 12.2 Å². The van der Waals surface area contributed by atoms with Crippen molar-refractivity contribution in [2.75, 3.05) is 0 Å². The SMILES string of the molecule is O=C(O)/C=C/c1ccc(Cn2cc[n+](Cc3ccc(/C=C/C(=O)O)cc3)c2)cc1.[Cl-]. The van der Waals surface area contributed by atoms with Crippen LogP contribution in [0.5, 0.6) is 0 Å². The van der Waals surface area contributed by atoms with Gasteiger partial charge in [-0.15, -0.1) is 0 Å². The molecular weight excluding hydrogens is 404 g/mol. The zero-order chi connectivity index (χ0) is 20.6. The van der Waals surface area contributed by atoms with E-state index >= 15 is 0 Å². The summed E-state index contributed by atoms with van der Waals surface area (Å²) in [6, 6.07) is 15.5. The van der Waals surface area contributed by atoms with E-state index in [4.69, 9.17) is 10.2 Å². The number of aromatic nitrogens is 2. The molecule has 0 atom stereocenters. The number of aliphatic carboxylic acids is 2. The predicted octanol–water partition coefficient (Wildman–Crippen LogP) is 0.0718. The minimum absolute atomic E-state index is 0. The molecule has 6 nitrogen and oxygen atoms in total. The first-order chi connectivity index (χ1) is 14.0. The van der Waals surface area contributed by atoms with Crippen LogP contribution in [-0.4, -0.2) is 26.7 Å². The van der Waals surface area contributed by atoms with Crippen LogP contribution in [0.3, 0.4) is 0 Å². The first-order valence-corrected chi connectivity index (χ1v) is 9.03. The molecule has 2 aromatic carbocycles. The van der Waals surface area contributed by atoms with Crippen LogP contribution in [0.1, 0.15) is 22.3 Å². The standard InChI is InChI=1S/C23H20N2O4.ClH/c26-22(27)11-9-18-1-5-20(6-2-18)15-24-13-14-25(17-24)16-21-7-3-19(4-8-21)10-12-23(28)29;/h1-14,17H,15-16H2,(H-,26,27,28,29);1H/b11-9+,12-10+;. The molecule has 154 valence electrons. The van der Waals surface area contributed by atoms with E-state index in [-0.39, 0.29) is 12.4 Å². The number of nitrogens with zero attached hydrogens (tertiary/aromatic N) is 2. The molecule has 7 heteroatoms. The van der Waals surface area contributed by atoms with Gasteiger partial charge >= 0.3 is 11.9 Å².